The third-order valence-corrected chi connectivity index (χ3v) is 4.69. The number of nitro benzene ring substituents is 1. The average Bonchev–Trinajstić information content (AvgIpc) is 2.71. The topological polar surface area (TPSA) is 97.2 Å². The van der Waals surface area contributed by atoms with E-state index in [1.165, 1.54) is 18.2 Å². The fraction of sp³-hybridized carbons (Fsp3) is 0.100. The summed E-state index contributed by atoms with van der Waals surface area (Å²) in [7, 11) is 0. The van der Waals surface area contributed by atoms with E-state index in [1.54, 1.807) is 6.20 Å². The minimum absolute atomic E-state index is 0.0576. The van der Waals surface area contributed by atoms with Crippen molar-refractivity contribution < 1.29 is 9.72 Å². The molecule has 28 heavy (non-hydrogen) atoms. The molecular formula is C20H17BrN4O3. The summed E-state index contributed by atoms with van der Waals surface area (Å²) in [5, 5.41) is 16.9. The second-order valence-electron chi connectivity index (χ2n) is 5.96. The van der Waals surface area contributed by atoms with Crippen LogP contribution in [-0.2, 0) is 11.3 Å². The van der Waals surface area contributed by atoms with Crippen LogP contribution in [0.5, 0.6) is 0 Å². The van der Waals surface area contributed by atoms with Crippen molar-refractivity contribution in [2.45, 2.75) is 12.6 Å². The molecule has 0 radical (unpaired) electrons. The van der Waals surface area contributed by atoms with E-state index >= 15 is 0 Å². The van der Waals surface area contributed by atoms with Gasteiger partial charge in [-0.05, 0) is 39.7 Å². The molecule has 1 heterocycles. The Morgan fingerprint density at radius 2 is 1.86 bits per heavy atom. The molecule has 1 aromatic heterocycles. The van der Waals surface area contributed by atoms with Crippen LogP contribution in [0.4, 0.5) is 11.4 Å². The second-order valence-corrected chi connectivity index (χ2v) is 6.81. The van der Waals surface area contributed by atoms with E-state index in [0.717, 1.165) is 11.3 Å². The third kappa shape index (κ3) is 4.99. The Balaban J connectivity index is 1.79. The Labute approximate surface area is 170 Å². The van der Waals surface area contributed by atoms with E-state index in [4.69, 9.17) is 0 Å². The van der Waals surface area contributed by atoms with Gasteiger partial charge in [0, 0.05) is 29.3 Å². The van der Waals surface area contributed by atoms with Gasteiger partial charge >= 0.3 is 0 Å². The number of benzene rings is 2. The minimum Gasteiger partial charge on any atom is -0.323 e. The van der Waals surface area contributed by atoms with E-state index in [2.05, 4.69) is 31.5 Å². The first-order chi connectivity index (χ1) is 13.5. The molecule has 0 aliphatic carbocycles. The van der Waals surface area contributed by atoms with Gasteiger partial charge in [-0.25, -0.2) is 0 Å². The largest absolute Gasteiger partial charge is 0.323 e. The monoisotopic (exact) mass is 440 g/mol. The van der Waals surface area contributed by atoms with E-state index in [9.17, 15) is 14.9 Å². The van der Waals surface area contributed by atoms with Crippen LogP contribution < -0.4 is 10.6 Å². The molecule has 0 aliphatic heterocycles. The summed E-state index contributed by atoms with van der Waals surface area (Å²) in [6.07, 6.45) is 1.70. The van der Waals surface area contributed by atoms with Crippen LogP contribution in [0.3, 0.4) is 0 Å². The van der Waals surface area contributed by atoms with Gasteiger partial charge in [-0.3, -0.25) is 25.2 Å². The zero-order valence-electron chi connectivity index (χ0n) is 14.7. The first-order valence-electron chi connectivity index (χ1n) is 8.47. The van der Waals surface area contributed by atoms with Crippen LogP contribution in [0.1, 0.15) is 17.3 Å². The number of halogens is 1. The van der Waals surface area contributed by atoms with E-state index in [0.29, 0.717) is 16.7 Å². The number of pyridine rings is 1. The number of hydrogen-bond donors (Lipinski definition) is 2. The molecule has 8 heteroatoms. The number of nitro groups is 1. The molecule has 0 aliphatic rings. The van der Waals surface area contributed by atoms with E-state index in [-0.39, 0.29) is 11.6 Å². The van der Waals surface area contributed by atoms with Gasteiger partial charge < -0.3 is 5.32 Å². The minimum atomic E-state index is -0.620. The van der Waals surface area contributed by atoms with Crippen LogP contribution in [0.25, 0.3) is 0 Å². The van der Waals surface area contributed by atoms with Crippen LogP contribution in [-0.4, -0.2) is 15.8 Å². The van der Waals surface area contributed by atoms with Crippen molar-refractivity contribution in [2.75, 3.05) is 5.32 Å². The Hall–Kier alpha value is -3.10. The van der Waals surface area contributed by atoms with Crippen molar-refractivity contribution in [3.8, 4) is 0 Å². The Morgan fingerprint density at radius 1 is 1.11 bits per heavy atom. The van der Waals surface area contributed by atoms with Gasteiger partial charge in [-0.1, -0.05) is 36.4 Å². The highest BCUT2D eigenvalue weighted by atomic mass is 79.9. The van der Waals surface area contributed by atoms with Crippen molar-refractivity contribution in [1.82, 2.24) is 10.3 Å². The number of hydrogen-bond acceptors (Lipinski definition) is 5. The van der Waals surface area contributed by atoms with Crippen molar-refractivity contribution in [1.29, 1.82) is 0 Å². The molecule has 0 bridgehead atoms. The smallest absolute Gasteiger partial charge is 0.270 e. The first kappa shape index (κ1) is 19.7. The van der Waals surface area contributed by atoms with Gasteiger partial charge in [0.05, 0.1) is 16.3 Å². The number of anilines is 1. The Kier molecular flexibility index (Phi) is 6.46. The van der Waals surface area contributed by atoms with Gasteiger partial charge in [0.15, 0.2) is 0 Å². The van der Waals surface area contributed by atoms with Crippen molar-refractivity contribution in [3.05, 3.63) is 98.8 Å². The maximum absolute atomic E-state index is 13.0. The molecule has 2 aromatic carbocycles. The summed E-state index contributed by atoms with van der Waals surface area (Å²) < 4.78 is 0.437. The highest BCUT2D eigenvalue weighted by molar-refractivity contribution is 9.10. The normalized spacial score (nSPS) is 11.6. The molecule has 1 amide bonds. The summed E-state index contributed by atoms with van der Waals surface area (Å²) in [5.74, 6) is -0.281. The van der Waals surface area contributed by atoms with Gasteiger partial charge in [0.2, 0.25) is 5.91 Å². The summed E-state index contributed by atoms with van der Waals surface area (Å²) in [5.41, 5.74) is 2.01. The van der Waals surface area contributed by atoms with Gasteiger partial charge in [0.1, 0.15) is 6.04 Å². The fourth-order valence-electron chi connectivity index (χ4n) is 2.64. The zero-order chi connectivity index (χ0) is 19.9. The fourth-order valence-corrected chi connectivity index (χ4v) is 3.11. The maximum atomic E-state index is 13.0. The van der Waals surface area contributed by atoms with Gasteiger partial charge in [0.25, 0.3) is 5.69 Å². The molecular weight excluding hydrogens is 424 g/mol. The zero-order valence-corrected chi connectivity index (χ0v) is 16.3. The molecule has 3 rings (SSSR count). The average molecular weight is 441 g/mol. The lowest BCUT2D eigenvalue weighted by Gasteiger charge is -2.19. The van der Waals surface area contributed by atoms with Crippen molar-refractivity contribution in [3.63, 3.8) is 0 Å². The predicted octanol–water partition coefficient (Wildman–Crippen LogP) is 4.22. The number of carbonyl (C=O) groups is 1. The van der Waals surface area contributed by atoms with E-state index in [1.807, 2.05) is 48.5 Å². The van der Waals surface area contributed by atoms with Crippen LogP contribution >= 0.6 is 15.9 Å². The lowest BCUT2D eigenvalue weighted by Crippen LogP contribution is -2.33. The molecule has 0 spiro atoms. The summed E-state index contributed by atoms with van der Waals surface area (Å²) in [4.78, 5) is 27.6. The number of rotatable bonds is 7. The molecule has 7 nitrogen and oxygen atoms in total. The number of carbonyl (C=O) groups excluding carboxylic acids is 1. The quantitative estimate of drug-likeness (QED) is 0.423. The number of aromatic nitrogens is 1. The predicted molar refractivity (Wildman–Crippen MR) is 110 cm³/mol. The maximum Gasteiger partial charge on any atom is 0.270 e. The molecule has 0 unspecified atom stereocenters. The van der Waals surface area contributed by atoms with E-state index < -0.39 is 11.0 Å². The van der Waals surface area contributed by atoms with Crippen molar-refractivity contribution >= 4 is 33.2 Å². The summed E-state index contributed by atoms with van der Waals surface area (Å²) in [6, 6.07) is 18.5. The Bertz CT molecular complexity index is 968. The highest BCUT2D eigenvalue weighted by Gasteiger charge is 2.21. The summed E-state index contributed by atoms with van der Waals surface area (Å²) in [6.45, 7) is 0.412. The van der Waals surface area contributed by atoms with Gasteiger partial charge in [-0.2, -0.15) is 0 Å². The molecule has 0 saturated heterocycles. The SMILES string of the molecule is O=C(Nc1ccc([N+](=O)[O-])cc1Br)[C@H](NCc1ccccn1)c1ccccc1. The molecule has 1 atom stereocenters. The molecule has 2 N–H and O–H groups in total. The van der Waals surface area contributed by atoms with Crippen LogP contribution in [0.15, 0.2) is 77.4 Å². The standard InChI is InChI=1S/C20H17BrN4O3/c21-17-12-16(25(27)28)9-10-18(17)24-20(26)19(14-6-2-1-3-7-14)23-13-15-8-4-5-11-22-15/h1-12,19,23H,13H2,(H,24,26)/t19-/m1/s1. The summed E-state index contributed by atoms with van der Waals surface area (Å²) >= 11 is 3.28. The van der Waals surface area contributed by atoms with Crippen LogP contribution in [0.2, 0.25) is 0 Å². The first-order valence-corrected chi connectivity index (χ1v) is 9.27. The molecule has 0 fully saturated rings. The lowest BCUT2D eigenvalue weighted by molar-refractivity contribution is -0.384. The number of nitrogens with zero attached hydrogens (tertiary/aromatic N) is 2. The highest BCUT2D eigenvalue weighted by Crippen LogP contribution is 2.28. The number of amides is 1. The second kappa shape index (κ2) is 9.20. The van der Waals surface area contributed by atoms with Crippen molar-refractivity contribution in [2.24, 2.45) is 0 Å². The number of non-ortho nitro benzene ring substituents is 1. The Morgan fingerprint density at radius 3 is 2.50 bits per heavy atom. The molecule has 3 aromatic rings. The lowest BCUT2D eigenvalue weighted by atomic mass is 10.1. The molecule has 0 saturated carbocycles. The van der Waals surface area contributed by atoms with Crippen LogP contribution in [0, 0.1) is 10.1 Å². The third-order valence-electron chi connectivity index (χ3n) is 4.03. The van der Waals surface area contributed by atoms with Gasteiger partial charge in [-0.15, -0.1) is 0 Å². The number of nitrogens with one attached hydrogen (secondary N) is 2. The molecule has 142 valence electrons.